The molecule has 0 aliphatic carbocycles. The third-order valence-corrected chi connectivity index (χ3v) is 5.13. The zero-order valence-corrected chi connectivity index (χ0v) is 14.4. The number of anilines is 1. The first kappa shape index (κ1) is 16.8. The lowest BCUT2D eigenvalue weighted by atomic mass is 10.3. The highest BCUT2D eigenvalue weighted by molar-refractivity contribution is 8.01. The molecule has 0 saturated heterocycles. The van der Waals surface area contributed by atoms with Gasteiger partial charge in [0.2, 0.25) is 5.13 Å². The summed E-state index contributed by atoms with van der Waals surface area (Å²) < 4.78 is 6.44. The number of aromatic nitrogens is 2. The Hall–Kier alpha value is -1.60. The number of carbonyl (C=O) groups is 1. The van der Waals surface area contributed by atoms with Crippen LogP contribution in [-0.4, -0.2) is 27.5 Å². The number of hydrogen-bond acceptors (Lipinski definition) is 6. The molecule has 0 fully saturated rings. The van der Waals surface area contributed by atoms with E-state index in [-0.39, 0.29) is 5.91 Å². The lowest BCUT2D eigenvalue weighted by Crippen LogP contribution is -2.30. The average Bonchev–Trinajstić information content (AvgIpc) is 2.95. The Bertz CT molecular complexity index is 604. The summed E-state index contributed by atoms with van der Waals surface area (Å²) in [4.78, 5) is 12.1. The van der Waals surface area contributed by atoms with Crippen molar-refractivity contribution in [3.05, 3.63) is 30.3 Å². The highest BCUT2D eigenvalue weighted by Crippen LogP contribution is 2.30. The van der Waals surface area contributed by atoms with Gasteiger partial charge in [-0.2, -0.15) is 0 Å². The number of para-hydroxylation sites is 1. The molecule has 0 aliphatic rings. The predicted octanol–water partition coefficient (Wildman–Crippen LogP) is 3.83. The molecule has 118 valence electrons. The number of ether oxygens (including phenoxy) is 1. The van der Waals surface area contributed by atoms with E-state index >= 15 is 0 Å². The molecular weight excluding hydrogens is 318 g/mol. The van der Waals surface area contributed by atoms with Gasteiger partial charge in [0.1, 0.15) is 5.75 Å². The van der Waals surface area contributed by atoms with Gasteiger partial charge in [-0.15, -0.1) is 10.2 Å². The molecule has 1 N–H and O–H groups in total. The van der Waals surface area contributed by atoms with Crippen LogP contribution in [0.15, 0.2) is 34.7 Å². The molecule has 0 aliphatic heterocycles. The third-order valence-electron chi connectivity index (χ3n) is 2.94. The number of carbonyl (C=O) groups excluding carboxylic acids is 1. The Morgan fingerprint density at radius 1 is 1.32 bits per heavy atom. The third kappa shape index (κ3) is 4.99. The molecule has 2 rings (SSSR count). The highest BCUT2D eigenvalue weighted by atomic mass is 32.2. The second-order valence-electron chi connectivity index (χ2n) is 4.77. The molecule has 0 saturated carbocycles. The van der Waals surface area contributed by atoms with E-state index in [1.54, 1.807) is 18.7 Å². The van der Waals surface area contributed by atoms with Crippen molar-refractivity contribution in [3.8, 4) is 5.75 Å². The molecule has 1 heterocycles. The second-order valence-corrected chi connectivity index (χ2v) is 7.44. The molecule has 2 atom stereocenters. The van der Waals surface area contributed by atoms with Gasteiger partial charge >= 0.3 is 0 Å². The largest absolute Gasteiger partial charge is 0.481 e. The van der Waals surface area contributed by atoms with Gasteiger partial charge in [-0.3, -0.25) is 10.1 Å². The maximum absolute atomic E-state index is 12.1. The number of benzene rings is 1. The molecular formula is C15H19N3O2S2. The van der Waals surface area contributed by atoms with Crippen molar-refractivity contribution in [1.29, 1.82) is 0 Å². The lowest BCUT2D eigenvalue weighted by molar-refractivity contribution is -0.122. The minimum absolute atomic E-state index is 0.236. The summed E-state index contributed by atoms with van der Waals surface area (Å²) in [6, 6.07) is 9.26. The van der Waals surface area contributed by atoms with Crippen molar-refractivity contribution in [2.75, 3.05) is 5.32 Å². The number of rotatable bonds is 7. The van der Waals surface area contributed by atoms with E-state index in [1.807, 2.05) is 30.3 Å². The summed E-state index contributed by atoms with van der Waals surface area (Å²) in [5, 5.41) is 11.8. The highest BCUT2D eigenvalue weighted by Gasteiger charge is 2.17. The van der Waals surface area contributed by atoms with Gasteiger partial charge in [-0.05, 0) is 25.5 Å². The molecule has 7 heteroatoms. The van der Waals surface area contributed by atoms with E-state index in [2.05, 4.69) is 29.4 Å². The maximum Gasteiger partial charge on any atom is 0.266 e. The van der Waals surface area contributed by atoms with Gasteiger partial charge < -0.3 is 4.74 Å². The van der Waals surface area contributed by atoms with E-state index in [9.17, 15) is 4.79 Å². The molecule has 22 heavy (non-hydrogen) atoms. The van der Waals surface area contributed by atoms with Crippen LogP contribution in [0.2, 0.25) is 0 Å². The molecule has 0 bridgehead atoms. The van der Waals surface area contributed by atoms with Crippen LogP contribution in [0.25, 0.3) is 0 Å². The van der Waals surface area contributed by atoms with Crippen LogP contribution in [-0.2, 0) is 4.79 Å². The van der Waals surface area contributed by atoms with Gasteiger partial charge in [-0.1, -0.05) is 55.1 Å². The first-order chi connectivity index (χ1) is 10.6. The van der Waals surface area contributed by atoms with Gasteiger partial charge in [0, 0.05) is 5.25 Å². The van der Waals surface area contributed by atoms with Gasteiger partial charge in [-0.25, -0.2) is 0 Å². The molecule has 0 unspecified atom stereocenters. The number of amides is 1. The molecule has 1 amide bonds. The van der Waals surface area contributed by atoms with Crippen LogP contribution in [0.5, 0.6) is 5.75 Å². The minimum atomic E-state index is -0.600. The number of hydrogen-bond donors (Lipinski definition) is 1. The average molecular weight is 337 g/mol. The van der Waals surface area contributed by atoms with E-state index < -0.39 is 6.10 Å². The van der Waals surface area contributed by atoms with Crippen LogP contribution in [0, 0.1) is 0 Å². The zero-order chi connectivity index (χ0) is 15.9. The summed E-state index contributed by atoms with van der Waals surface area (Å²) in [6.07, 6.45) is 0.463. The van der Waals surface area contributed by atoms with Crippen molar-refractivity contribution in [3.63, 3.8) is 0 Å². The SMILES string of the molecule is CC[C@@H](C)Sc1nnc(NC(=O)[C@H](C)Oc2ccccc2)s1. The second kappa shape index (κ2) is 8.14. The normalized spacial score (nSPS) is 13.4. The molecule has 0 radical (unpaired) electrons. The van der Waals surface area contributed by atoms with Crippen molar-refractivity contribution < 1.29 is 9.53 Å². The standard InChI is InChI=1S/C15H19N3O2S2/c1-4-10(2)21-15-18-17-14(22-15)16-13(19)11(3)20-12-8-6-5-7-9-12/h5-11H,4H2,1-3H3,(H,16,17,19)/t10-,11+/m1/s1. The van der Waals surface area contributed by atoms with E-state index in [0.29, 0.717) is 16.1 Å². The summed E-state index contributed by atoms with van der Waals surface area (Å²) in [6.45, 7) is 5.97. The van der Waals surface area contributed by atoms with Crippen LogP contribution in [0.3, 0.4) is 0 Å². The van der Waals surface area contributed by atoms with Crippen LogP contribution >= 0.6 is 23.1 Å². The summed E-state index contributed by atoms with van der Waals surface area (Å²) >= 11 is 3.05. The van der Waals surface area contributed by atoms with Gasteiger partial charge in [0.15, 0.2) is 10.4 Å². The van der Waals surface area contributed by atoms with Gasteiger partial charge in [0.05, 0.1) is 0 Å². The van der Waals surface area contributed by atoms with Crippen LogP contribution in [0.4, 0.5) is 5.13 Å². The fourth-order valence-electron chi connectivity index (χ4n) is 1.53. The van der Waals surface area contributed by atoms with Crippen LogP contribution in [0.1, 0.15) is 27.2 Å². The van der Waals surface area contributed by atoms with Crippen molar-refractivity contribution in [2.45, 2.75) is 42.9 Å². The van der Waals surface area contributed by atoms with Crippen LogP contribution < -0.4 is 10.1 Å². The number of thioether (sulfide) groups is 1. The van der Waals surface area contributed by atoms with E-state index in [4.69, 9.17) is 4.74 Å². The number of nitrogens with one attached hydrogen (secondary N) is 1. The lowest BCUT2D eigenvalue weighted by Gasteiger charge is -2.13. The quantitative estimate of drug-likeness (QED) is 0.614. The summed E-state index contributed by atoms with van der Waals surface area (Å²) in [7, 11) is 0. The minimum Gasteiger partial charge on any atom is -0.481 e. The van der Waals surface area contributed by atoms with E-state index in [0.717, 1.165) is 10.8 Å². The monoisotopic (exact) mass is 337 g/mol. The topological polar surface area (TPSA) is 64.1 Å². The molecule has 2 aromatic rings. The van der Waals surface area contributed by atoms with Crippen molar-refractivity contribution in [1.82, 2.24) is 10.2 Å². The Kier molecular flexibility index (Phi) is 6.21. The smallest absolute Gasteiger partial charge is 0.266 e. The first-order valence-electron chi connectivity index (χ1n) is 7.11. The summed E-state index contributed by atoms with van der Waals surface area (Å²) in [5.74, 6) is 0.426. The fraction of sp³-hybridized carbons (Fsp3) is 0.400. The van der Waals surface area contributed by atoms with Crippen molar-refractivity contribution >= 4 is 34.1 Å². The molecule has 0 spiro atoms. The van der Waals surface area contributed by atoms with Crippen molar-refractivity contribution in [2.24, 2.45) is 0 Å². The summed E-state index contributed by atoms with van der Waals surface area (Å²) in [5.41, 5.74) is 0. The Balaban J connectivity index is 1.88. The first-order valence-corrected chi connectivity index (χ1v) is 8.80. The van der Waals surface area contributed by atoms with E-state index in [1.165, 1.54) is 11.3 Å². The zero-order valence-electron chi connectivity index (χ0n) is 12.8. The molecule has 1 aromatic carbocycles. The fourth-order valence-corrected chi connectivity index (χ4v) is 3.53. The Morgan fingerprint density at radius 2 is 2.05 bits per heavy atom. The predicted molar refractivity (Wildman–Crippen MR) is 90.7 cm³/mol. The van der Waals surface area contributed by atoms with Gasteiger partial charge in [0.25, 0.3) is 5.91 Å². The maximum atomic E-state index is 12.1. The Labute approximate surface area is 138 Å². The molecule has 5 nitrogen and oxygen atoms in total. The Morgan fingerprint density at radius 3 is 2.73 bits per heavy atom. The molecule has 1 aromatic heterocycles. The number of nitrogens with zero attached hydrogens (tertiary/aromatic N) is 2.